The molecule has 116 valence electrons. The zero-order valence-electron chi connectivity index (χ0n) is 12.1. The third-order valence-corrected chi connectivity index (χ3v) is 4.67. The van der Waals surface area contributed by atoms with Crippen LogP contribution in [0, 0.1) is 6.92 Å². The Hall–Kier alpha value is -2.05. The molecule has 0 saturated carbocycles. The molecule has 7 heteroatoms. The summed E-state index contributed by atoms with van der Waals surface area (Å²) < 4.78 is 33.6. The van der Waals surface area contributed by atoms with Crippen molar-refractivity contribution >= 4 is 27.5 Å². The summed E-state index contributed by atoms with van der Waals surface area (Å²) in [5, 5.41) is 0.436. The smallest absolute Gasteiger partial charge is 0.284 e. The third kappa shape index (κ3) is 3.58. The van der Waals surface area contributed by atoms with Crippen LogP contribution in [0.25, 0.3) is 0 Å². The maximum atomic E-state index is 12.2. The molecule has 0 spiro atoms. The molecular weight excluding hydrogens is 324 g/mol. The molecule has 0 bridgehead atoms. The average molecular weight is 339 g/mol. The summed E-state index contributed by atoms with van der Waals surface area (Å²) in [6.45, 7) is 3.05. The summed E-state index contributed by atoms with van der Waals surface area (Å²) >= 11 is 6.04. The van der Waals surface area contributed by atoms with E-state index in [1.807, 2.05) is 0 Å². The van der Waals surface area contributed by atoms with E-state index in [0.29, 0.717) is 22.1 Å². The highest BCUT2D eigenvalue weighted by Crippen LogP contribution is 2.33. The fourth-order valence-electron chi connectivity index (χ4n) is 1.87. The Morgan fingerprint density at radius 2 is 1.77 bits per heavy atom. The van der Waals surface area contributed by atoms with Gasteiger partial charge in [-0.3, -0.25) is 0 Å². The number of amidine groups is 1. The fraction of sp³-hybridized carbons (Fsp3) is 0.133. The largest absolute Gasteiger partial charge is 0.455 e. The van der Waals surface area contributed by atoms with E-state index in [2.05, 4.69) is 4.40 Å². The molecule has 0 atom stereocenters. The molecule has 0 fully saturated rings. The minimum absolute atomic E-state index is 0.0307. The maximum Gasteiger partial charge on any atom is 0.284 e. The zero-order chi connectivity index (χ0) is 16.3. The van der Waals surface area contributed by atoms with Gasteiger partial charge < -0.3 is 10.5 Å². The first kappa shape index (κ1) is 16.3. The van der Waals surface area contributed by atoms with Gasteiger partial charge in [0.2, 0.25) is 0 Å². The predicted molar refractivity (Wildman–Crippen MR) is 87.2 cm³/mol. The summed E-state index contributed by atoms with van der Waals surface area (Å²) in [7, 11) is -3.87. The van der Waals surface area contributed by atoms with E-state index in [0.717, 1.165) is 0 Å². The number of halogens is 1. The normalized spacial score (nSPS) is 12.2. The van der Waals surface area contributed by atoms with Gasteiger partial charge >= 0.3 is 0 Å². The van der Waals surface area contributed by atoms with Crippen LogP contribution in [0.4, 0.5) is 0 Å². The van der Waals surface area contributed by atoms with Crippen LogP contribution in [0.2, 0.25) is 5.02 Å². The van der Waals surface area contributed by atoms with E-state index in [4.69, 9.17) is 22.1 Å². The molecular formula is C15H15ClN2O3S. The average Bonchev–Trinajstić information content (AvgIpc) is 2.42. The number of hydrogen-bond donors (Lipinski definition) is 1. The fourth-order valence-corrected chi connectivity index (χ4v) is 3.26. The van der Waals surface area contributed by atoms with E-state index in [-0.39, 0.29) is 10.7 Å². The number of sulfonamides is 1. The highest BCUT2D eigenvalue weighted by atomic mass is 35.5. The van der Waals surface area contributed by atoms with Gasteiger partial charge in [0.05, 0.1) is 9.92 Å². The highest BCUT2D eigenvalue weighted by Gasteiger charge is 2.19. The molecule has 0 aromatic heterocycles. The number of nitrogens with zero attached hydrogens (tertiary/aromatic N) is 1. The molecule has 22 heavy (non-hydrogen) atoms. The molecule has 0 aliphatic rings. The molecule has 0 heterocycles. The van der Waals surface area contributed by atoms with Crippen molar-refractivity contribution in [1.82, 2.24) is 0 Å². The number of nitrogens with two attached hydrogens (primary N) is 1. The minimum Gasteiger partial charge on any atom is -0.455 e. The lowest BCUT2D eigenvalue weighted by Crippen LogP contribution is -2.10. The SMILES string of the molecule is C/C(N)=N\S(=O)(=O)c1cccc(Oc2ccccc2Cl)c1C. The highest BCUT2D eigenvalue weighted by molar-refractivity contribution is 7.90. The van der Waals surface area contributed by atoms with Gasteiger partial charge in [-0.05, 0) is 38.1 Å². The minimum atomic E-state index is -3.87. The molecule has 0 unspecified atom stereocenters. The van der Waals surface area contributed by atoms with Crippen molar-refractivity contribution in [3.8, 4) is 11.5 Å². The van der Waals surface area contributed by atoms with Crippen LogP contribution < -0.4 is 10.5 Å². The molecule has 0 aliphatic carbocycles. The van der Waals surface area contributed by atoms with Crippen molar-refractivity contribution in [2.45, 2.75) is 18.7 Å². The van der Waals surface area contributed by atoms with Crippen LogP contribution in [0.3, 0.4) is 0 Å². The van der Waals surface area contributed by atoms with Gasteiger partial charge in [0.1, 0.15) is 17.3 Å². The lowest BCUT2D eigenvalue weighted by molar-refractivity contribution is 0.476. The molecule has 0 amide bonds. The molecule has 2 aromatic rings. The second-order valence-corrected chi connectivity index (χ2v) is 6.60. The van der Waals surface area contributed by atoms with Gasteiger partial charge in [-0.25, -0.2) is 0 Å². The second-order valence-electron chi connectivity index (χ2n) is 4.62. The van der Waals surface area contributed by atoms with Gasteiger partial charge in [-0.2, -0.15) is 8.42 Å². The number of hydrogen-bond acceptors (Lipinski definition) is 3. The van der Waals surface area contributed by atoms with Gasteiger partial charge in [0, 0.05) is 5.56 Å². The van der Waals surface area contributed by atoms with Crippen LogP contribution in [0.5, 0.6) is 11.5 Å². The Labute approximate surface area is 134 Å². The number of rotatable bonds is 4. The molecule has 2 rings (SSSR count). The Bertz CT molecular complexity index is 828. The predicted octanol–water partition coefficient (Wildman–Crippen LogP) is 3.51. The van der Waals surface area contributed by atoms with Gasteiger partial charge in [-0.1, -0.05) is 29.8 Å². The number of ether oxygens (including phenoxy) is 1. The van der Waals surface area contributed by atoms with E-state index in [9.17, 15) is 8.42 Å². The van der Waals surface area contributed by atoms with E-state index in [1.165, 1.54) is 13.0 Å². The lowest BCUT2D eigenvalue weighted by Gasteiger charge is -2.12. The van der Waals surface area contributed by atoms with Crippen molar-refractivity contribution in [3.05, 3.63) is 53.1 Å². The van der Waals surface area contributed by atoms with Crippen LogP contribution in [0.15, 0.2) is 51.8 Å². The monoisotopic (exact) mass is 338 g/mol. The van der Waals surface area contributed by atoms with Crippen molar-refractivity contribution in [2.75, 3.05) is 0 Å². The van der Waals surface area contributed by atoms with Gasteiger partial charge in [-0.15, -0.1) is 4.40 Å². The summed E-state index contributed by atoms with van der Waals surface area (Å²) in [6, 6.07) is 11.6. The Balaban J connectivity index is 2.47. The van der Waals surface area contributed by atoms with Crippen LogP contribution in [0.1, 0.15) is 12.5 Å². The lowest BCUT2D eigenvalue weighted by atomic mass is 10.2. The number of para-hydroxylation sites is 1. The molecule has 2 aromatic carbocycles. The topological polar surface area (TPSA) is 81.8 Å². The zero-order valence-corrected chi connectivity index (χ0v) is 13.6. The summed E-state index contributed by atoms with van der Waals surface area (Å²) in [4.78, 5) is 0.0434. The summed E-state index contributed by atoms with van der Waals surface area (Å²) in [6.07, 6.45) is 0. The standard InChI is InChI=1S/C15H15ClN2O3S/c1-10-13(21-14-7-4-3-6-12(14)16)8-5-9-15(10)22(19,20)18-11(2)17/h3-9H,1-2H3,(H2,17,18). The van der Waals surface area contributed by atoms with Crippen LogP contribution >= 0.6 is 11.6 Å². The summed E-state index contributed by atoms with van der Waals surface area (Å²) in [5.41, 5.74) is 5.81. The van der Waals surface area contributed by atoms with Crippen LogP contribution in [-0.4, -0.2) is 14.3 Å². The first-order valence-electron chi connectivity index (χ1n) is 6.40. The second kappa shape index (κ2) is 6.37. The van der Waals surface area contributed by atoms with E-state index >= 15 is 0 Å². The Morgan fingerprint density at radius 1 is 1.14 bits per heavy atom. The van der Waals surface area contributed by atoms with Crippen molar-refractivity contribution in [2.24, 2.45) is 10.1 Å². The Morgan fingerprint density at radius 3 is 2.41 bits per heavy atom. The van der Waals surface area contributed by atoms with E-state index in [1.54, 1.807) is 43.3 Å². The molecule has 0 radical (unpaired) electrons. The van der Waals surface area contributed by atoms with Gasteiger partial charge in [0.25, 0.3) is 10.0 Å². The number of benzene rings is 2. The molecule has 2 N–H and O–H groups in total. The third-order valence-electron chi connectivity index (χ3n) is 2.83. The van der Waals surface area contributed by atoms with Gasteiger partial charge in [0.15, 0.2) is 0 Å². The van der Waals surface area contributed by atoms with Crippen molar-refractivity contribution in [3.63, 3.8) is 0 Å². The first-order valence-corrected chi connectivity index (χ1v) is 8.22. The molecule has 0 saturated heterocycles. The molecule has 0 aliphatic heterocycles. The first-order chi connectivity index (χ1) is 10.3. The quantitative estimate of drug-likeness (QED) is 0.683. The van der Waals surface area contributed by atoms with Crippen molar-refractivity contribution < 1.29 is 13.2 Å². The molecule has 5 nitrogen and oxygen atoms in total. The van der Waals surface area contributed by atoms with E-state index < -0.39 is 10.0 Å². The van der Waals surface area contributed by atoms with Crippen LogP contribution in [-0.2, 0) is 10.0 Å². The maximum absolute atomic E-state index is 12.2. The summed E-state index contributed by atoms with van der Waals surface area (Å²) in [5.74, 6) is 0.802. The Kier molecular flexibility index (Phi) is 4.73. The van der Waals surface area contributed by atoms with Crippen molar-refractivity contribution in [1.29, 1.82) is 0 Å².